The topological polar surface area (TPSA) is 256 Å². The summed E-state index contributed by atoms with van der Waals surface area (Å²) in [5, 5.41) is 15.6. The molecule has 2 saturated heterocycles. The molecule has 0 bridgehead atoms. The van der Waals surface area contributed by atoms with Crippen molar-refractivity contribution >= 4 is 47.5 Å². The van der Waals surface area contributed by atoms with E-state index in [1.54, 1.807) is 87.8 Å². The minimum Gasteiger partial charge on any atom is -0.445 e. The van der Waals surface area contributed by atoms with E-state index in [0.717, 1.165) is 5.56 Å². The number of nitrogens with one attached hydrogen (secondary N) is 4. The number of alkyl halides is 1. The molecule has 24 heteroatoms. The highest BCUT2D eigenvalue weighted by Crippen LogP contribution is 2.41. The van der Waals surface area contributed by atoms with Crippen LogP contribution in [0.5, 0.6) is 0 Å². The van der Waals surface area contributed by atoms with Crippen LogP contribution in [0.3, 0.4) is 0 Å². The number of amides is 9. The van der Waals surface area contributed by atoms with Gasteiger partial charge in [0.15, 0.2) is 11.6 Å². The summed E-state index contributed by atoms with van der Waals surface area (Å²) in [6, 6.07) is 12.8. The van der Waals surface area contributed by atoms with Gasteiger partial charge < -0.3 is 56.1 Å². The molecule has 0 radical (unpaired) electrons. The number of anilines is 1. The van der Waals surface area contributed by atoms with Crippen LogP contribution in [0.2, 0.25) is 0 Å². The molecule has 0 unspecified atom stereocenters. The zero-order valence-electron chi connectivity index (χ0n) is 51.0. The number of hydrogen-bond acceptors (Lipinski definition) is 11. The van der Waals surface area contributed by atoms with Gasteiger partial charge in [0.25, 0.3) is 5.91 Å². The predicted octanol–water partition coefficient (Wildman–Crippen LogP) is 8.29. The molecular formula is C63H83F3N12O9. The number of benzene rings is 3. The number of rotatable bonds is 25. The fraction of sp³-hybridized carbons (Fsp3) is 0.508. The normalized spacial score (nSPS) is 18.8. The molecular weight excluding hydrogens is 1130 g/mol. The van der Waals surface area contributed by atoms with E-state index >= 15 is 13.6 Å². The van der Waals surface area contributed by atoms with E-state index in [1.165, 1.54) is 29.2 Å². The maximum atomic E-state index is 16.6. The highest BCUT2D eigenvalue weighted by Gasteiger charge is 2.46. The van der Waals surface area contributed by atoms with Gasteiger partial charge in [-0.2, -0.15) is 5.10 Å². The van der Waals surface area contributed by atoms with Gasteiger partial charge in [0.1, 0.15) is 36.5 Å². The second-order valence-corrected chi connectivity index (χ2v) is 24.3. The van der Waals surface area contributed by atoms with Gasteiger partial charge in [0.05, 0.1) is 36.9 Å². The number of morpholine rings is 1. The Morgan fingerprint density at radius 1 is 0.874 bits per heavy atom. The number of carbonyl (C=O) groups excluding carboxylic acids is 7. The fourth-order valence-corrected chi connectivity index (χ4v) is 11.1. The first-order chi connectivity index (χ1) is 41.2. The first-order valence-electron chi connectivity index (χ1n) is 29.7. The zero-order chi connectivity index (χ0) is 63.3. The highest BCUT2D eigenvalue weighted by atomic mass is 19.1. The summed E-state index contributed by atoms with van der Waals surface area (Å²) in [6.07, 6.45) is 2.45. The molecule has 1 aromatic heterocycles. The maximum absolute atomic E-state index is 16.6. The molecule has 0 aliphatic carbocycles. The molecule has 6 N–H and O–H groups in total. The van der Waals surface area contributed by atoms with E-state index in [9.17, 15) is 33.2 Å². The van der Waals surface area contributed by atoms with E-state index in [1.807, 2.05) is 41.5 Å². The molecule has 3 aliphatic heterocycles. The molecule has 87 heavy (non-hydrogen) atoms. The molecule has 3 aliphatic rings. The Hall–Kier alpha value is -8.28. The van der Waals surface area contributed by atoms with Crippen molar-refractivity contribution in [2.24, 2.45) is 23.0 Å². The van der Waals surface area contributed by atoms with Gasteiger partial charge in [-0.1, -0.05) is 83.5 Å². The number of ether oxygens (including phenoxy) is 2. The molecule has 7 atom stereocenters. The minimum atomic E-state index is -1.59. The molecule has 0 spiro atoms. The number of carbonyl (C=O) groups is 7. The average molecular weight is 1210 g/mol. The summed E-state index contributed by atoms with van der Waals surface area (Å²) in [4.78, 5) is 104. The molecule has 0 saturated carbocycles. The number of halogens is 3. The van der Waals surface area contributed by atoms with Crippen LogP contribution >= 0.6 is 0 Å². The van der Waals surface area contributed by atoms with Gasteiger partial charge in [0.2, 0.25) is 17.7 Å². The predicted molar refractivity (Wildman–Crippen MR) is 321 cm³/mol. The second kappa shape index (κ2) is 29.9. The summed E-state index contributed by atoms with van der Waals surface area (Å²) >= 11 is 0. The highest BCUT2D eigenvalue weighted by molar-refractivity contribution is 5.98. The Balaban J connectivity index is 1.01. The number of nitrogens with zero attached hydrogens (tertiary/aromatic N) is 7. The van der Waals surface area contributed by atoms with Crippen molar-refractivity contribution in [1.82, 2.24) is 50.3 Å². The number of hydrogen-bond donors (Lipinski definition) is 5. The van der Waals surface area contributed by atoms with Crippen LogP contribution in [0.4, 0.5) is 33.2 Å². The molecule has 3 aromatic carbocycles. The third-order valence-corrected chi connectivity index (χ3v) is 15.4. The summed E-state index contributed by atoms with van der Waals surface area (Å²) in [7, 11) is 0. The van der Waals surface area contributed by atoms with E-state index in [0.29, 0.717) is 48.3 Å². The van der Waals surface area contributed by atoms with Crippen molar-refractivity contribution in [2.75, 3.05) is 51.1 Å². The van der Waals surface area contributed by atoms with Crippen molar-refractivity contribution in [3.05, 3.63) is 125 Å². The molecule has 470 valence electrons. The van der Waals surface area contributed by atoms with Crippen LogP contribution in [0.15, 0.2) is 91.2 Å². The number of likely N-dealkylation sites (tertiary alicyclic amines) is 1. The number of aromatic nitrogens is 3. The van der Waals surface area contributed by atoms with Crippen molar-refractivity contribution in [1.29, 1.82) is 0 Å². The van der Waals surface area contributed by atoms with Gasteiger partial charge in [-0.15, -0.1) is 0 Å². The number of allylic oxidation sites excluding steroid dienone is 1. The standard InChI is InChI=1S/C63H83F3N12O9/c1-38(2)54(71-52(79)18-11-10-12-28-76-40(4)20-26-53(76)80)59(82)70-51(17-14-27-68-60(67)83)58(81)69-47-23-21-43(22-24-47)37-86-62(85)75-34-45(50(66)36-75)35-77(61(84)74-31-41(5)87-42(6)32-74)55(63(7,8)9)57-72-56(48-29-39(3)19-25-49(48)65)73-78(57)33-44-15-13-16-46(64)30-44/h13,15-16,19-26,29-30,38,41-42,45,50-51,54-55H,4,10-12,14,17-18,27-28,31-37H2,1-3,5-9H3,(H,69,81)(H,70,82)(H,71,79)(H3,67,68,83)/t41-,42+,45-,50-,51-,54-,55-/m0/s1. The summed E-state index contributed by atoms with van der Waals surface area (Å²) in [5.74, 6) is -3.61. The van der Waals surface area contributed by atoms with Gasteiger partial charge in [-0.3, -0.25) is 19.2 Å². The Morgan fingerprint density at radius 3 is 2.25 bits per heavy atom. The number of nitrogens with two attached hydrogens (primary N) is 1. The maximum Gasteiger partial charge on any atom is 0.410 e. The van der Waals surface area contributed by atoms with Gasteiger partial charge in [-0.25, -0.2) is 37.2 Å². The number of primary amides is 1. The van der Waals surface area contributed by atoms with Crippen LogP contribution in [0, 0.1) is 35.8 Å². The number of urea groups is 2. The van der Waals surface area contributed by atoms with Crippen LogP contribution in [0.1, 0.15) is 116 Å². The Kier molecular flexibility index (Phi) is 22.8. The van der Waals surface area contributed by atoms with Crippen molar-refractivity contribution in [2.45, 2.75) is 144 Å². The van der Waals surface area contributed by atoms with E-state index in [-0.39, 0.29) is 119 Å². The molecule has 9 amide bonds. The Labute approximate surface area is 506 Å². The molecule has 4 aromatic rings. The van der Waals surface area contributed by atoms with Gasteiger partial charge >= 0.3 is 18.2 Å². The number of aryl methyl sites for hydroxylation is 1. The summed E-state index contributed by atoms with van der Waals surface area (Å²) < 4.78 is 60.2. The molecule has 7 rings (SSSR count). The molecule has 21 nitrogen and oxygen atoms in total. The smallest absolute Gasteiger partial charge is 0.410 e. The number of unbranched alkanes of at least 4 members (excludes halogenated alkanes) is 2. The Bertz CT molecular complexity index is 3120. The van der Waals surface area contributed by atoms with Crippen LogP contribution in [0.25, 0.3) is 11.4 Å². The monoisotopic (exact) mass is 1210 g/mol. The largest absolute Gasteiger partial charge is 0.445 e. The van der Waals surface area contributed by atoms with E-state index in [2.05, 4.69) is 27.8 Å². The summed E-state index contributed by atoms with van der Waals surface area (Å²) in [5.41, 5.74) is 7.34. The third-order valence-electron chi connectivity index (χ3n) is 15.4. The zero-order valence-corrected chi connectivity index (χ0v) is 51.0. The summed E-state index contributed by atoms with van der Waals surface area (Å²) in [6.45, 7) is 18.9. The van der Waals surface area contributed by atoms with E-state index < -0.39 is 77.2 Å². The lowest BCUT2D eigenvalue weighted by atomic mass is 9.84. The molecule has 2 fully saturated rings. The lowest BCUT2D eigenvalue weighted by Crippen LogP contribution is -2.56. The lowest BCUT2D eigenvalue weighted by molar-refractivity contribution is -0.132. The SMILES string of the molecule is C=C1C=CC(=O)N1CCCCCC(=O)N[C@H](C(=O)N[C@@H](CCCNC(N)=O)C(=O)Nc1ccc(COC(=O)N2C[C@@H](CN(C(=O)N3C[C@@H](C)O[C@@H](C)C3)[C@@H](c3nc(-c4cc(C)ccc4F)nn3Cc3cccc(F)c3)C(C)(C)C)[C@@H](F)C2)cc1)C(C)C. The van der Waals surface area contributed by atoms with E-state index in [4.69, 9.17) is 25.3 Å². The van der Waals surface area contributed by atoms with Gasteiger partial charge in [0, 0.05) is 69.1 Å². The quantitative estimate of drug-likeness (QED) is 0.0395. The van der Waals surface area contributed by atoms with Crippen molar-refractivity contribution in [3.63, 3.8) is 0 Å². The van der Waals surface area contributed by atoms with Crippen LogP contribution in [-0.2, 0) is 41.8 Å². The first kappa shape index (κ1) is 66.2. The Morgan fingerprint density at radius 2 is 1.60 bits per heavy atom. The van der Waals surface area contributed by atoms with Crippen LogP contribution in [-0.4, -0.2) is 152 Å². The van der Waals surface area contributed by atoms with Crippen molar-refractivity contribution < 1.29 is 56.2 Å². The average Bonchev–Trinajstić information content (AvgIpc) is 2.43. The minimum absolute atomic E-state index is 0.00593. The lowest BCUT2D eigenvalue weighted by Gasteiger charge is -2.45. The third kappa shape index (κ3) is 18.4. The fourth-order valence-electron chi connectivity index (χ4n) is 11.1. The molecule has 4 heterocycles. The first-order valence-corrected chi connectivity index (χ1v) is 29.7. The van der Waals surface area contributed by atoms with Gasteiger partial charge in [-0.05, 0) is 111 Å². The van der Waals surface area contributed by atoms with Crippen molar-refractivity contribution in [3.8, 4) is 11.4 Å². The second-order valence-electron chi connectivity index (χ2n) is 24.3. The van der Waals surface area contributed by atoms with Crippen LogP contribution < -0.4 is 27.0 Å².